The van der Waals surface area contributed by atoms with Gasteiger partial charge >= 0.3 is 12.0 Å². The molecule has 2 saturated heterocycles. The van der Waals surface area contributed by atoms with E-state index < -0.39 is 23.6 Å². The molecule has 1 atom stereocenters. The summed E-state index contributed by atoms with van der Waals surface area (Å²) in [6.45, 7) is 3.08. The van der Waals surface area contributed by atoms with Crippen LogP contribution < -0.4 is 5.32 Å². The highest BCUT2D eigenvalue weighted by Gasteiger charge is 2.54. The van der Waals surface area contributed by atoms with Crippen LogP contribution >= 0.6 is 0 Å². The fourth-order valence-electron chi connectivity index (χ4n) is 2.73. The fourth-order valence-corrected chi connectivity index (χ4v) is 2.73. The molecule has 7 nitrogen and oxygen atoms in total. The number of hydrogen-bond donors (Lipinski definition) is 2. The van der Waals surface area contributed by atoms with Crippen molar-refractivity contribution in [2.75, 3.05) is 20.1 Å². The second-order valence-electron chi connectivity index (χ2n) is 5.25. The Kier molecular flexibility index (Phi) is 3.49. The summed E-state index contributed by atoms with van der Waals surface area (Å²) in [6.07, 6.45) is 1.27. The second kappa shape index (κ2) is 4.80. The summed E-state index contributed by atoms with van der Waals surface area (Å²) in [5.41, 5.74) is -0.896. The Labute approximate surface area is 111 Å². The van der Waals surface area contributed by atoms with E-state index in [0.29, 0.717) is 25.9 Å². The molecule has 2 N–H and O–H groups in total. The summed E-state index contributed by atoms with van der Waals surface area (Å²) >= 11 is 0. The summed E-state index contributed by atoms with van der Waals surface area (Å²) in [5.74, 6) is -1.53. The molecule has 0 aromatic heterocycles. The SMILES string of the molecule is CCC(C(=O)O)N1C(=O)NC2(CCN(C)CC2)C1=O. The molecule has 2 fully saturated rings. The number of likely N-dealkylation sites (tertiary alicyclic amines) is 1. The minimum atomic E-state index is -1.14. The Bertz CT molecular complexity index is 415. The van der Waals surface area contributed by atoms with Crippen LogP contribution in [0.25, 0.3) is 0 Å². The average Bonchev–Trinajstić information content (AvgIpc) is 2.59. The van der Waals surface area contributed by atoms with Gasteiger partial charge in [0.05, 0.1) is 0 Å². The molecule has 2 aliphatic heterocycles. The van der Waals surface area contributed by atoms with E-state index in [1.165, 1.54) is 0 Å². The van der Waals surface area contributed by atoms with Gasteiger partial charge in [-0.15, -0.1) is 0 Å². The molecule has 0 aliphatic carbocycles. The Balaban J connectivity index is 2.23. The molecule has 2 aliphatic rings. The largest absolute Gasteiger partial charge is 0.480 e. The van der Waals surface area contributed by atoms with Crippen molar-refractivity contribution in [2.45, 2.75) is 37.8 Å². The van der Waals surface area contributed by atoms with Crippen LogP contribution in [0.3, 0.4) is 0 Å². The van der Waals surface area contributed by atoms with E-state index in [9.17, 15) is 14.4 Å². The van der Waals surface area contributed by atoms with Crippen LogP contribution in [0.4, 0.5) is 4.79 Å². The number of amides is 3. The zero-order valence-corrected chi connectivity index (χ0v) is 11.2. The number of piperidine rings is 1. The van der Waals surface area contributed by atoms with Crippen molar-refractivity contribution in [3.63, 3.8) is 0 Å². The number of nitrogens with one attached hydrogen (secondary N) is 1. The highest BCUT2D eigenvalue weighted by Crippen LogP contribution is 2.30. The summed E-state index contributed by atoms with van der Waals surface area (Å²) in [7, 11) is 1.96. The molecule has 2 heterocycles. The van der Waals surface area contributed by atoms with Crippen molar-refractivity contribution in [3.8, 4) is 0 Å². The van der Waals surface area contributed by atoms with Gasteiger partial charge in [-0.05, 0) is 26.3 Å². The maximum atomic E-state index is 12.5. The van der Waals surface area contributed by atoms with E-state index in [2.05, 4.69) is 10.2 Å². The van der Waals surface area contributed by atoms with Gasteiger partial charge in [-0.1, -0.05) is 6.92 Å². The normalized spacial score (nSPS) is 24.6. The zero-order valence-electron chi connectivity index (χ0n) is 11.2. The second-order valence-corrected chi connectivity index (χ2v) is 5.25. The van der Waals surface area contributed by atoms with Gasteiger partial charge in [-0.25, -0.2) is 14.5 Å². The molecule has 106 valence electrons. The molecular formula is C12H19N3O4. The molecule has 1 unspecified atom stereocenters. The van der Waals surface area contributed by atoms with Crippen molar-refractivity contribution in [3.05, 3.63) is 0 Å². The van der Waals surface area contributed by atoms with Crippen molar-refractivity contribution >= 4 is 17.9 Å². The van der Waals surface area contributed by atoms with Crippen LogP contribution in [0.2, 0.25) is 0 Å². The number of urea groups is 1. The summed E-state index contributed by atoms with van der Waals surface area (Å²) < 4.78 is 0. The van der Waals surface area contributed by atoms with Crippen molar-refractivity contribution in [1.29, 1.82) is 0 Å². The first-order valence-electron chi connectivity index (χ1n) is 6.48. The maximum Gasteiger partial charge on any atom is 0.326 e. The lowest BCUT2D eigenvalue weighted by Gasteiger charge is -2.35. The zero-order chi connectivity index (χ0) is 14.2. The number of aliphatic carboxylic acids is 1. The Hall–Kier alpha value is -1.63. The van der Waals surface area contributed by atoms with Crippen LogP contribution in [0.5, 0.6) is 0 Å². The minimum absolute atomic E-state index is 0.213. The smallest absolute Gasteiger partial charge is 0.326 e. The predicted octanol–water partition coefficient (Wildman–Crippen LogP) is -0.134. The molecular weight excluding hydrogens is 250 g/mol. The van der Waals surface area contributed by atoms with E-state index in [4.69, 9.17) is 5.11 Å². The first-order valence-corrected chi connectivity index (χ1v) is 6.48. The lowest BCUT2D eigenvalue weighted by Crippen LogP contribution is -2.55. The standard InChI is InChI=1S/C12H19N3O4/c1-3-8(9(16)17)15-10(18)12(13-11(15)19)4-6-14(2)7-5-12/h8H,3-7H2,1-2H3,(H,13,19)(H,16,17). The van der Waals surface area contributed by atoms with E-state index in [1.54, 1.807) is 6.92 Å². The van der Waals surface area contributed by atoms with Crippen molar-refractivity contribution in [2.24, 2.45) is 0 Å². The number of carboxylic acid groups (broad SMARTS) is 1. The Morgan fingerprint density at radius 1 is 1.42 bits per heavy atom. The summed E-state index contributed by atoms with van der Waals surface area (Å²) in [6, 6.07) is -1.66. The first-order chi connectivity index (χ1) is 8.91. The van der Waals surface area contributed by atoms with Gasteiger partial charge in [0.1, 0.15) is 11.6 Å². The van der Waals surface area contributed by atoms with Crippen LogP contribution in [0.15, 0.2) is 0 Å². The molecule has 19 heavy (non-hydrogen) atoms. The molecule has 0 radical (unpaired) electrons. The third-order valence-corrected chi connectivity index (χ3v) is 4.02. The molecule has 7 heteroatoms. The highest BCUT2D eigenvalue weighted by molar-refractivity contribution is 6.09. The quantitative estimate of drug-likeness (QED) is 0.696. The Morgan fingerprint density at radius 2 is 2.00 bits per heavy atom. The van der Waals surface area contributed by atoms with Gasteiger partial charge in [0.2, 0.25) is 0 Å². The van der Waals surface area contributed by atoms with E-state index in [-0.39, 0.29) is 12.3 Å². The van der Waals surface area contributed by atoms with Crippen LogP contribution in [-0.2, 0) is 9.59 Å². The molecule has 1 spiro atoms. The molecule has 0 saturated carbocycles. The maximum absolute atomic E-state index is 12.5. The number of carbonyl (C=O) groups is 3. The summed E-state index contributed by atoms with van der Waals surface area (Å²) in [4.78, 5) is 38.5. The lowest BCUT2D eigenvalue weighted by molar-refractivity contribution is -0.148. The number of hydrogen-bond acceptors (Lipinski definition) is 4. The fraction of sp³-hybridized carbons (Fsp3) is 0.750. The highest BCUT2D eigenvalue weighted by atomic mass is 16.4. The number of rotatable bonds is 3. The van der Waals surface area contributed by atoms with E-state index >= 15 is 0 Å². The van der Waals surface area contributed by atoms with Gasteiger partial charge < -0.3 is 15.3 Å². The monoisotopic (exact) mass is 269 g/mol. The van der Waals surface area contributed by atoms with Crippen molar-refractivity contribution in [1.82, 2.24) is 15.1 Å². The van der Waals surface area contributed by atoms with E-state index in [1.807, 2.05) is 7.05 Å². The topological polar surface area (TPSA) is 89.9 Å². The number of carboxylic acids is 1. The van der Waals surface area contributed by atoms with Crippen LogP contribution in [0.1, 0.15) is 26.2 Å². The van der Waals surface area contributed by atoms with Crippen LogP contribution in [-0.4, -0.2) is 64.5 Å². The molecule has 3 amide bonds. The number of nitrogens with zero attached hydrogens (tertiary/aromatic N) is 2. The van der Waals surface area contributed by atoms with Gasteiger partial charge in [0.15, 0.2) is 0 Å². The molecule has 0 aromatic rings. The molecule has 2 rings (SSSR count). The lowest BCUT2D eigenvalue weighted by atomic mass is 9.87. The van der Waals surface area contributed by atoms with Crippen LogP contribution in [0, 0.1) is 0 Å². The van der Waals surface area contributed by atoms with Crippen molar-refractivity contribution < 1.29 is 19.5 Å². The molecule has 0 aromatic carbocycles. The molecule has 0 bridgehead atoms. The third kappa shape index (κ3) is 2.18. The van der Waals surface area contributed by atoms with E-state index in [0.717, 1.165) is 4.90 Å². The van der Waals surface area contributed by atoms with Gasteiger partial charge in [0.25, 0.3) is 5.91 Å². The predicted molar refractivity (Wildman–Crippen MR) is 66.6 cm³/mol. The average molecular weight is 269 g/mol. The minimum Gasteiger partial charge on any atom is -0.480 e. The Morgan fingerprint density at radius 3 is 2.47 bits per heavy atom. The number of carbonyl (C=O) groups excluding carboxylic acids is 2. The third-order valence-electron chi connectivity index (χ3n) is 4.02. The number of imide groups is 1. The van der Waals surface area contributed by atoms with Gasteiger partial charge in [-0.2, -0.15) is 0 Å². The van der Waals surface area contributed by atoms with Gasteiger partial charge in [0, 0.05) is 13.1 Å². The first kappa shape index (κ1) is 13.8. The summed E-state index contributed by atoms with van der Waals surface area (Å²) in [5, 5.41) is 11.8. The van der Waals surface area contributed by atoms with Gasteiger partial charge in [-0.3, -0.25) is 4.79 Å².